The van der Waals surface area contributed by atoms with Gasteiger partial charge in [-0.1, -0.05) is 6.92 Å². The van der Waals surface area contributed by atoms with E-state index in [1.165, 1.54) is 11.9 Å². The second-order valence-corrected chi connectivity index (χ2v) is 4.74. The van der Waals surface area contributed by atoms with Gasteiger partial charge in [0, 0.05) is 13.6 Å². The number of likely N-dealkylation sites (N-methyl/N-ethyl adjacent to an activating group) is 1. The molecule has 8 nitrogen and oxygen atoms in total. The van der Waals surface area contributed by atoms with Crippen molar-refractivity contribution in [2.75, 3.05) is 33.4 Å². The van der Waals surface area contributed by atoms with Gasteiger partial charge in [-0.05, 0) is 6.42 Å². The van der Waals surface area contributed by atoms with Gasteiger partial charge in [0.25, 0.3) is 0 Å². The predicted octanol–water partition coefficient (Wildman–Crippen LogP) is -0.746. The van der Waals surface area contributed by atoms with Crippen molar-refractivity contribution >= 4 is 17.9 Å². The Morgan fingerprint density at radius 1 is 1.35 bits per heavy atom. The minimum absolute atomic E-state index is 0.0723. The number of nitrogens with zero attached hydrogens (tertiary/aromatic N) is 1. The van der Waals surface area contributed by atoms with Crippen LogP contribution in [-0.4, -0.2) is 67.3 Å². The topological polar surface area (TPSA) is 108 Å². The zero-order valence-electron chi connectivity index (χ0n) is 11.7. The third-order valence-electron chi connectivity index (χ3n) is 3.01. The summed E-state index contributed by atoms with van der Waals surface area (Å²) in [4.78, 5) is 35.5. The van der Waals surface area contributed by atoms with Crippen molar-refractivity contribution < 1.29 is 24.2 Å². The Bertz CT molecular complexity index is 374. The van der Waals surface area contributed by atoms with Gasteiger partial charge in [0.15, 0.2) is 0 Å². The van der Waals surface area contributed by atoms with Gasteiger partial charge in [-0.3, -0.25) is 9.59 Å². The van der Waals surface area contributed by atoms with Gasteiger partial charge >= 0.3 is 12.0 Å². The maximum absolute atomic E-state index is 11.9. The Hall–Kier alpha value is -1.83. The third-order valence-corrected chi connectivity index (χ3v) is 3.01. The minimum Gasteiger partial charge on any atom is -0.481 e. The second-order valence-electron chi connectivity index (χ2n) is 4.74. The van der Waals surface area contributed by atoms with Crippen LogP contribution in [0.25, 0.3) is 0 Å². The molecule has 0 aliphatic carbocycles. The Morgan fingerprint density at radius 3 is 2.65 bits per heavy atom. The predicted molar refractivity (Wildman–Crippen MR) is 70.2 cm³/mol. The molecule has 114 valence electrons. The molecule has 3 amide bonds. The minimum atomic E-state index is -1.00. The summed E-state index contributed by atoms with van der Waals surface area (Å²) in [5, 5.41) is 14.2. The first-order valence-corrected chi connectivity index (χ1v) is 6.54. The van der Waals surface area contributed by atoms with E-state index in [2.05, 4.69) is 10.6 Å². The van der Waals surface area contributed by atoms with Crippen LogP contribution in [0.4, 0.5) is 4.79 Å². The van der Waals surface area contributed by atoms with Crippen molar-refractivity contribution in [3.8, 4) is 0 Å². The second kappa shape index (κ2) is 7.68. The van der Waals surface area contributed by atoms with Crippen LogP contribution in [-0.2, 0) is 14.3 Å². The molecule has 2 atom stereocenters. The first-order chi connectivity index (χ1) is 9.45. The lowest BCUT2D eigenvalue weighted by atomic mass is 10.0. The molecule has 0 aromatic carbocycles. The standard InChI is InChI=1S/C12H21N3O5/c1-3-4-13-10(16)5-15(2)12(19)14-9-7-20-6-8(9)11(17)18/h8-9H,3-7H2,1-2H3,(H,13,16)(H,14,19)(H,17,18). The fraction of sp³-hybridized carbons (Fsp3) is 0.750. The largest absolute Gasteiger partial charge is 0.481 e. The van der Waals surface area contributed by atoms with E-state index in [0.29, 0.717) is 6.54 Å². The van der Waals surface area contributed by atoms with Crippen LogP contribution in [0, 0.1) is 5.92 Å². The summed E-state index contributed by atoms with van der Waals surface area (Å²) < 4.78 is 5.05. The van der Waals surface area contributed by atoms with Crippen LogP contribution in [0.5, 0.6) is 0 Å². The highest BCUT2D eigenvalue weighted by atomic mass is 16.5. The molecule has 1 fully saturated rings. The lowest BCUT2D eigenvalue weighted by Crippen LogP contribution is -2.49. The van der Waals surface area contributed by atoms with Crippen molar-refractivity contribution in [1.29, 1.82) is 0 Å². The van der Waals surface area contributed by atoms with E-state index >= 15 is 0 Å². The number of carboxylic acid groups (broad SMARTS) is 1. The highest BCUT2D eigenvalue weighted by molar-refractivity contribution is 5.84. The van der Waals surface area contributed by atoms with E-state index in [9.17, 15) is 14.4 Å². The molecule has 1 rings (SSSR count). The maximum Gasteiger partial charge on any atom is 0.317 e. The van der Waals surface area contributed by atoms with E-state index in [4.69, 9.17) is 9.84 Å². The molecule has 0 aromatic heterocycles. The van der Waals surface area contributed by atoms with Crippen LogP contribution < -0.4 is 10.6 Å². The van der Waals surface area contributed by atoms with Crippen LogP contribution in [0.3, 0.4) is 0 Å². The molecule has 0 radical (unpaired) electrons. The van der Waals surface area contributed by atoms with E-state index < -0.39 is 24.0 Å². The zero-order chi connectivity index (χ0) is 15.1. The van der Waals surface area contributed by atoms with E-state index in [0.717, 1.165) is 6.42 Å². The molecule has 8 heteroatoms. The molecule has 2 unspecified atom stereocenters. The monoisotopic (exact) mass is 287 g/mol. The van der Waals surface area contributed by atoms with Gasteiger partial charge < -0.3 is 25.4 Å². The van der Waals surface area contributed by atoms with Crippen molar-refractivity contribution in [2.45, 2.75) is 19.4 Å². The van der Waals surface area contributed by atoms with Crippen LogP contribution in [0.1, 0.15) is 13.3 Å². The summed E-state index contributed by atoms with van der Waals surface area (Å²) in [6.45, 7) is 2.67. The molecule has 1 aliphatic rings. The highest BCUT2D eigenvalue weighted by Gasteiger charge is 2.35. The van der Waals surface area contributed by atoms with E-state index in [-0.39, 0.29) is 25.7 Å². The number of rotatable bonds is 6. The van der Waals surface area contributed by atoms with Crippen molar-refractivity contribution in [3.63, 3.8) is 0 Å². The Labute approximate surface area is 117 Å². The summed E-state index contributed by atoms with van der Waals surface area (Å²) >= 11 is 0. The molecular formula is C12H21N3O5. The third kappa shape index (κ3) is 4.69. The molecule has 1 saturated heterocycles. The average molecular weight is 287 g/mol. The van der Waals surface area contributed by atoms with E-state index in [1.807, 2.05) is 6.92 Å². The fourth-order valence-electron chi connectivity index (χ4n) is 1.82. The molecule has 20 heavy (non-hydrogen) atoms. The fourth-order valence-corrected chi connectivity index (χ4v) is 1.82. The quantitative estimate of drug-likeness (QED) is 0.596. The number of amides is 3. The van der Waals surface area contributed by atoms with Gasteiger partial charge in [-0.15, -0.1) is 0 Å². The number of urea groups is 1. The zero-order valence-corrected chi connectivity index (χ0v) is 11.7. The summed E-state index contributed by atoms with van der Waals surface area (Å²) in [5.74, 6) is -2.00. The molecule has 1 heterocycles. The highest BCUT2D eigenvalue weighted by Crippen LogP contribution is 2.13. The Balaban J connectivity index is 2.41. The van der Waals surface area contributed by atoms with Crippen molar-refractivity contribution in [2.24, 2.45) is 5.92 Å². The molecular weight excluding hydrogens is 266 g/mol. The van der Waals surface area contributed by atoms with Crippen LogP contribution >= 0.6 is 0 Å². The summed E-state index contributed by atoms with van der Waals surface area (Å²) in [5.41, 5.74) is 0. The summed E-state index contributed by atoms with van der Waals surface area (Å²) in [6, 6.07) is -1.06. The molecule has 0 saturated carbocycles. The van der Waals surface area contributed by atoms with Gasteiger partial charge in [0.1, 0.15) is 12.5 Å². The van der Waals surface area contributed by atoms with Crippen molar-refractivity contribution in [1.82, 2.24) is 15.5 Å². The van der Waals surface area contributed by atoms with Crippen molar-refractivity contribution in [3.05, 3.63) is 0 Å². The first-order valence-electron chi connectivity index (χ1n) is 6.54. The van der Waals surface area contributed by atoms with Gasteiger partial charge in [-0.25, -0.2) is 4.79 Å². The molecule has 0 aromatic rings. The van der Waals surface area contributed by atoms with E-state index in [1.54, 1.807) is 0 Å². The van der Waals surface area contributed by atoms with Crippen LogP contribution in [0.15, 0.2) is 0 Å². The number of hydrogen-bond donors (Lipinski definition) is 3. The number of ether oxygens (including phenoxy) is 1. The Morgan fingerprint density at radius 2 is 2.05 bits per heavy atom. The molecule has 0 spiro atoms. The average Bonchev–Trinajstić information content (AvgIpc) is 2.84. The van der Waals surface area contributed by atoms with Crippen LogP contribution in [0.2, 0.25) is 0 Å². The SMILES string of the molecule is CCCNC(=O)CN(C)C(=O)NC1COCC1C(=O)O. The summed E-state index contributed by atoms with van der Waals surface area (Å²) in [6.07, 6.45) is 0.821. The first kappa shape index (κ1) is 16.2. The Kier molecular flexibility index (Phi) is 6.23. The number of nitrogens with one attached hydrogen (secondary N) is 2. The summed E-state index contributed by atoms with van der Waals surface area (Å²) in [7, 11) is 1.48. The maximum atomic E-state index is 11.9. The number of carbonyl (C=O) groups excluding carboxylic acids is 2. The number of carbonyl (C=O) groups is 3. The molecule has 0 bridgehead atoms. The number of carboxylic acids is 1. The van der Waals surface area contributed by atoms with Gasteiger partial charge in [0.05, 0.1) is 19.3 Å². The number of aliphatic carboxylic acids is 1. The van der Waals surface area contributed by atoms with Gasteiger partial charge in [0.2, 0.25) is 5.91 Å². The lowest BCUT2D eigenvalue weighted by molar-refractivity contribution is -0.142. The smallest absolute Gasteiger partial charge is 0.317 e. The molecule has 3 N–H and O–H groups in total. The lowest BCUT2D eigenvalue weighted by Gasteiger charge is -2.21. The number of hydrogen-bond acceptors (Lipinski definition) is 4. The van der Waals surface area contributed by atoms with Gasteiger partial charge in [-0.2, -0.15) is 0 Å². The normalized spacial score (nSPS) is 21.3. The molecule has 1 aliphatic heterocycles.